The Morgan fingerprint density at radius 3 is 2.33 bits per heavy atom. The van der Waals surface area contributed by atoms with Crippen LogP contribution in [0.25, 0.3) is 0 Å². The average molecular weight is 290 g/mol. The Kier molecular flexibility index (Phi) is 3.27. The number of aliphatic hydroxyl groups is 1. The summed E-state index contributed by atoms with van der Waals surface area (Å²) in [5, 5.41) is 10.1. The van der Waals surface area contributed by atoms with Crippen LogP contribution in [0.5, 0.6) is 0 Å². The quantitative estimate of drug-likeness (QED) is 0.663. The maximum Gasteiger partial charge on any atom is 0.0543 e. The van der Waals surface area contributed by atoms with Crippen molar-refractivity contribution in [2.45, 2.75) is 84.7 Å². The van der Waals surface area contributed by atoms with E-state index < -0.39 is 0 Å². The van der Waals surface area contributed by atoms with Gasteiger partial charge in [0.25, 0.3) is 0 Å². The van der Waals surface area contributed by atoms with Crippen molar-refractivity contribution < 1.29 is 5.11 Å². The molecule has 0 aromatic carbocycles. The Bertz CT molecular complexity index is 418. The second-order valence-corrected chi connectivity index (χ2v) is 9.61. The topological polar surface area (TPSA) is 20.2 Å². The molecular weight excluding hydrogens is 256 g/mol. The minimum absolute atomic E-state index is 0.0000147. The third-order valence-corrected chi connectivity index (χ3v) is 9.11. The van der Waals surface area contributed by atoms with E-state index in [2.05, 4.69) is 20.8 Å². The summed E-state index contributed by atoms with van der Waals surface area (Å²) in [5.74, 6) is 4.74. The molecule has 4 rings (SSSR count). The monoisotopic (exact) mass is 290 g/mol. The molecule has 0 unspecified atom stereocenters. The molecule has 0 heterocycles. The molecule has 0 amide bonds. The van der Waals surface area contributed by atoms with E-state index in [1.165, 1.54) is 44.9 Å². The molecule has 1 heteroatoms. The summed E-state index contributed by atoms with van der Waals surface area (Å²) in [6, 6.07) is 0. The van der Waals surface area contributed by atoms with E-state index in [1.54, 1.807) is 0 Å². The van der Waals surface area contributed by atoms with E-state index in [-0.39, 0.29) is 6.10 Å². The first-order valence-electron chi connectivity index (χ1n) is 9.63. The van der Waals surface area contributed by atoms with Gasteiger partial charge in [0.05, 0.1) is 6.10 Å². The van der Waals surface area contributed by atoms with Gasteiger partial charge in [-0.05, 0) is 98.2 Å². The lowest BCUT2D eigenvalue weighted by atomic mass is 9.45. The lowest BCUT2D eigenvalue weighted by Crippen LogP contribution is -2.53. The number of fused-ring (bicyclic) bond motifs is 5. The molecular formula is C20H34O. The zero-order valence-electron chi connectivity index (χ0n) is 14.3. The maximum atomic E-state index is 10.1. The minimum Gasteiger partial charge on any atom is -0.393 e. The summed E-state index contributed by atoms with van der Waals surface area (Å²) in [6.07, 6.45) is 12.2. The zero-order chi connectivity index (χ0) is 14.8. The molecule has 0 radical (unpaired) electrons. The van der Waals surface area contributed by atoms with E-state index in [9.17, 15) is 5.11 Å². The summed E-state index contributed by atoms with van der Waals surface area (Å²) >= 11 is 0. The molecule has 21 heavy (non-hydrogen) atoms. The molecule has 0 aliphatic heterocycles. The third kappa shape index (κ3) is 1.92. The van der Waals surface area contributed by atoms with Gasteiger partial charge in [-0.25, -0.2) is 0 Å². The van der Waals surface area contributed by atoms with Crippen LogP contribution in [0.4, 0.5) is 0 Å². The van der Waals surface area contributed by atoms with E-state index >= 15 is 0 Å². The summed E-state index contributed by atoms with van der Waals surface area (Å²) in [6.45, 7) is 7.73. The molecule has 4 aliphatic carbocycles. The largest absolute Gasteiger partial charge is 0.393 e. The summed E-state index contributed by atoms with van der Waals surface area (Å²) < 4.78 is 0. The fourth-order valence-corrected chi connectivity index (χ4v) is 7.50. The van der Waals surface area contributed by atoms with Crippen molar-refractivity contribution in [2.75, 3.05) is 0 Å². The zero-order valence-corrected chi connectivity index (χ0v) is 14.3. The highest BCUT2D eigenvalue weighted by molar-refractivity contribution is 5.08. The molecule has 0 bridgehead atoms. The Balaban J connectivity index is 1.62. The van der Waals surface area contributed by atoms with Crippen LogP contribution in [0.2, 0.25) is 0 Å². The molecule has 120 valence electrons. The van der Waals surface area contributed by atoms with Crippen LogP contribution in [-0.2, 0) is 0 Å². The molecule has 0 saturated heterocycles. The second kappa shape index (κ2) is 4.73. The van der Waals surface area contributed by atoms with Crippen molar-refractivity contribution in [3.05, 3.63) is 0 Å². The Hall–Kier alpha value is -0.0400. The fraction of sp³-hybridized carbons (Fsp3) is 1.00. The smallest absolute Gasteiger partial charge is 0.0543 e. The Labute approximate surface area is 130 Å². The van der Waals surface area contributed by atoms with Gasteiger partial charge in [0.1, 0.15) is 0 Å². The van der Waals surface area contributed by atoms with Crippen LogP contribution in [-0.4, -0.2) is 11.2 Å². The fourth-order valence-electron chi connectivity index (χ4n) is 7.50. The Morgan fingerprint density at radius 1 is 0.810 bits per heavy atom. The lowest BCUT2D eigenvalue weighted by molar-refractivity contribution is -0.125. The standard InChI is InChI=1S/C20H34O/c1-13-4-7-17-16-6-5-14-12-15(21)8-10-20(14,3)18(16)9-11-19(13,17)2/h13-18,21H,4-12H2,1-3H3/t13-,14+,15+,16-,17-,18-,19+,20-/m0/s1. The highest BCUT2D eigenvalue weighted by atomic mass is 16.3. The van der Waals surface area contributed by atoms with E-state index in [0.29, 0.717) is 10.8 Å². The molecule has 0 aromatic heterocycles. The molecule has 4 aliphatic rings. The lowest BCUT2D eigenvalue weighted by Gasteiger charge is -2.60. The summed E-state index contributed by atoms with van der Waals surface area (Å²) in [7, 11) is 0. The average Bonchev–Trinajstić information content (AvgIpc) is 2.76. The highest BCUT2D eigenvalue weighted by Gasteiger charge is 2.59. The van der Waals surface area contributed by atoms with Gasteiger partial charge in [0.2, 0.25) is 0 Å². The van der Waals surface area contributed by atoms with Crippen molar-refractivity contribution in [3.63, 3.8) is 0 Å². The van der Waals surface area contributed by atoms with Gasteiger partial charge in [-0.1, -0.05) is 20.8 Å². The summed E-state index contributed by atoms with van der Waals surface area (Å²) in [5.41, 5.74) is 1.20. The van der Waals surface area contributed by atoms with Gasteiger partial charge in [0.15, 0.2) is 0 Å². The van der Waals surface area contributed by atoms with Crippen molar-refractivity contribution >= 4 is 0 Å². The highest BCUT2D eigenvalue weighted by Crippen LogP contribution is 2.67. The molecule has 1 N–H and O–H groups in total. The number of hydrogen-bond donors (Lipinski definition) is 1. The maximum absolute atomic E-state index is 10.1. The molecule has 8 atom stereocenters. The third-order valence-electron chi connectivity index (χ3n) is 9.11. The first-order valence-corrected chi connectivity index (χ1v) is 9.63. The van der Waals surface area contributed by atoms with E-state index in [1.807, 2.05) is 0 Å². The second-order valence-electron chi connectivity index (χ2n) is 9.61. The van der Waals surface area contributed by atoms with Crippen LogP contribution < -0.4 is 0 Å². The first kappa shape index (κ1) is 14.5. The normalized spacial score (nSPS) is 60.0. The van der Waals surface area contributed by atoms with E-state index in [4.69, 9.17) is 0 Å². The molecule has 0 spiro atoms. The molecule has 4 fully saturated rings. The van der Waals surface area contributed by atoms with Gasteiger partial charge in [0, 0.05) is 0 Å². The first-order chi connectivity index (χ1) is 9.95. The number of rotatable bonds is 0. The predicted octanol–water partition coefficient (Wildman–Crippen LogP) is 5.03. The van der Waals surface area contributed by atoms with Crippen LogP contribution >= 0.6 is 0 Å². The Morgan fingerprint density at radius 2 is 1.52 bits per heavy atom. The summed E-state index contributed by atoms with van der Waals surface area (Å²) in [4.78, 5) is 0. The minimum atomic E-state index is -0.0000147. The van der Waals surface area contributed by atoms with Crippen LogP contribution in [0.1, 0.15) is 78.6 Å². The SMILES string of the molecule is C[C@H]1CC[C@H]2[C@@H]3CC[C@@H]4C[C@H](O)CC[C@]4(C)[C@H]3CC[C@]12C. The van der Waals surface area contributed by atoms with Gasteiger partial charge in [-0.2, -0.15) is 0 Å². The van der Waals surface area contributed by atoms with Crippen molar-refractivity contribution in [1.82, 2.24) is 0 Å². The van der Waals surface area contributed by atoms with Crippen molar-refractivity contribution in [2.24, 2.45) is 40.4 Å². The van der Waals surface area contributed by atoms with Gasteiger partial charge >= 0.3 is 0 Å². The molecule has 1 nitrogen and oxygen atoms in total. The van der Waals surface area contributed by atoms with Gasteiger partial charge < -0.3 is 5.11 Å². The van der Waals surface area contributed by atoms with Crippen molar-refractivity contribution in [1.29, 1.82) is 0 Å². The van der Waals surface area contributed by atoms with Crippen LogP contribution in [0.15, 0.2) is 0 Å². The number of hydrogen-bond acceptors (Lipinski definition) is 1. The van der Waals surface area contributed by atoms with Gasteiger partial charge in [-0.15, -0.1) is 0 Å². The molecule has 0 aromatic rings. The van der Waals surface area contributed by atoms with Crippen molar-refractivity contribution in [3.8, 4) is 0 Å². The van der Waals surface area contributed by atoms with Crippen LogP contribution in [0.3, 0.4) is 0 Å². The number of aliphatic hydroxyl groups excluding tert-OH is 1. The predicted molar refractivity (Wildman–Crippen MR) is 86.9 cm³/mol. The van der Waals surface area contributed by atoms with E-state index in [0.717, 1.165) is 42.4 Å². The molecule has 4 saturated carbocycles. The van der Waals surface area contributed by atoms with Crippen LogP contribution in [0, 0.1) is 40.4 Å². The van der Waals surface area contributed by atoms with Gasteiger partial charge in [-0.3, -0.25) is 0 Å².